The number of hydrogen-bond acceptors (Lipinski definition) is 2. The fraction of sp³-hybridized carbons (Fsp3) is 0.333. The van der Waals surface area contributed by atoms with Gasteiger partial charge in [0.05, 0.1) is 6.10 Å². The summed E-state index contributed by atoms with van der Waals surface area (Å²) < 4.78 is 12.7. The van der Waals surface area contributed by atoms with E-state index in [4.69, 9.17) is 0 Å². The highest BCUT2D eigenvalue weighted by atomic mass is 19.1. The molecule has 1 aliphatic rings. The van der Waals surface area contributed by atoms with E-state index in [2.05, 4.69) is 0 Å². The monoisotopic (exact) mass is 167 g/mol. The zero-order valence-corrected chi connectivity index (χ0v) is 6.79. The second-order valence-electron chi connectivity index (χ2n) is 3.10. The van der Waals surface area contributed by atoms with Crippen molar-refractivity contribution < 1.29 is 9.50 Å². The van der Waals surface area contributed by atoms with Crippen LogP contribution in [-0.2, 0) is 0 Å². The van der Waals surface area contributed by atoms with Crippen molar-refractivity contribution in [1.29, 1.82) is 0 Å². The predicted octanol–water partition coefficient (Wildman–Crippen LogP) is 1.31. The number of aliphatic hydroxyl groups excluding tert-OH is 1. The van der Waals surface area contributed by atoms with Crippen LogP contribution in [0.1, 0.15) is 11.7 Å². The Hall–Kier alpha value is -1.09. The predicted molar refractivity (Wildman–Crippen MR) is 44.6 cm³/mol. The molecule has 1 heterocycles. The summed E-state index contributed by atoms with van der Waals surface area (Å²) in [5, 5.41) is 9.47. The zero-order valence-electron chi connectivity index (χ0n) is 6.79. The number of likely N-dealkylation sites (N-methyl/N-ethyl adjacent to an activating group) is 1. The average Bonchev–Trinajstić information content (AvgIpc) is 2.28. The molecule has 12 heavy (non-hydrogen) atoms. The third-order valence-corrected chi connectivity index (χ3v) is 2.21. The van der Waals surface area contributed by atoms with Gasteiger partial charge in [-0.2, -0.15) is 0 Å². The minimum absolute atomic E-state index is 0.289. The van der Waals surface area contributed by atoms with Crippen LogP contribution in [-0.4, -0.2) is 18.7 Å². The van der Waals surface area contributed by atoms with E-state index in [1.54, 1.807) is 6.07 Å². The molecule has 0 aliphatic carbocycles. The Morgan fingerprint density at radius 1 is 1.58 bits per heavy atom. The number of anilines is 1. The highest BCUT2D eigenvalue weighted by Gasteiger charge is 2.24. The fourth-order valence-corrected chi connectivity index (χ4v) is 1.60. The third-order valence-electron chi connectivity index (χ3n) is 2.21. The minimum Gasteiger partial charge on any atom is -0.386 e. The summed E-state index contributed by atoms with van der Waals surface area (Å²) >= 11 is 0. The summed E-state index contributed by atoms with van der Waals surface area (Å²) in [7, 11) is 1.88. The molecule has 1 N–H and O–H groups in total. The van der Waals surface area contributed by atoms with Gasteiger partial charge in [-0.15, -0.1) is 0 Å². The van der Waals surface area contributed by atoms with Crippen LogP contribution in [0.2, 0.25) is 0 Å². The molecule has 0 fully saturated rings. The third kappa shape index (κ3) is 0.975. The Morgan fingerprint density at radius 3 is 3.08 bits per heavy atom. The number of hydrogen-bond donors (Lipinski definition) is 1. The molecular weight excluding hydrogens is 157 g/mol. The molecule has 0 spiro atoms. The second-order valence-corrected chi connectivity index (χ2v) is 3.10. The molecule has 1 aromatic rings. The standard InChI is InChI=1S/C9H10FNO/c1-11-5-9(12)7-4-6(10)2-3-8(7)11/h2-4,9,12H,5H2,1H3/t9-/m1/s1. The molecule has 64 valence electrons. The van der Waals surface area contributed by atoms with Crippen LogP contribution in [0.3, 0.4) is 0 Å². The van der Waals surface area contributed by atoms with E-state index in [1.807, 2.05) is 11.9 Å². The summed E-state index contributed by atoms with van der Waals surface area (Å²) in [5.41, 5.74) is 1.61. The molecule has 1 atom stereocenters. The number of aliphatic hydroxyl groups is 1. The molecule has 3 heteroatoms. The van der Waals surface area contributed by atoms with E-state index in [1.165, 1.54) is 12.1 Å². The number of nitrogens with zero attached hydrogens (tertiary/aromatic N) is 1. The van der Waals surface area contributed by atoms with Crippen molar-refractivity contribution in [2.45, 2.75) is 6.10 Å². The molecule has 1 aliphatic heterocycles. The van der Waals surface area contributed by atoms with Gasteiger partial charge in [0.25, 0.3) is 0 Å². The summed E-state index contributed by atoms with van der Waals surface area (Å²) in [6, 6.07) is 4.50. The first-order chi connectivity index (χ1) is 5.68. The molecule has 0 unspecified atom stereocenters. The Bertz CT molecular complexity index is 313. The fourth-order valence-electron chi connectivity index (χ4n) is 1.60. The maximum atomic E-state index is 12.7. The Balaban J connectivity index is 2.53. The lowest BCUT2D eigenvalue weighted by Gasteiger charge is -2.10. The van der Waals surface area contributed by atoms with Gasteiger partial charge in [0.1, 0.15) is 5.82 Å². The maximum absolute atomic E-state index is 12.7. The zero-order chi connectivity index (χ0) is 8.72. The number of rotatable bonds is 0. The Morgan fingerprint density at radius 2 is 2.33 bits per heavy atom. The van der Waals surface area contributed by atoms with E-state index in [9.17, 15) is 9.50 Å². The number of β-amino-alcohol motifs (C(OH)–C–C–N with tert-alkyl or cyclic N) is 1. The summed E-state index contributed by atoms with van der Waals surface area (Å²) in [6.45, 7) is 0.554. The van der Waals surface area contributed by atoms with Crippen molar-refractivity contribution in [3.05, 3.63) is 29.6 Å². The molecule has 0 saturated carbocycles. The second kappa shape index (κ2) is 2.45. The van der Waals surface area contributed by atoms with E-state index in [-0.39, 0.29) is 5.82 Å². The summed E-state index contributed by atoms with van der Waals surface area (Å²) in [5.74, 6) is -0.289. The van der Waals surface area contributed by atoms with Crippen LogP contribution in [0.15, 0.2) is 18.2 Å². The van der Waals surface area contributed by atoms with Crippen LogP contribution >= 0.6 is 0 Å². The van der Waals surface area contributed by atoms with Gasteiger partial charge in [-0.05, 0) is 18.2 Å². The molecule has 0 amide bonds. The minimum atomic E-state index is -0.541. The smallest absolute Gasteiger partial charge is 0.123 e. The quantitative estimate of drug-likeness (QED) is 0.629. The molecule has 0 saturated heterocycles. The molecule has 0 radical (unpaired) electrons. The van der Waals surface area contributed by atoms with Crippen LogP contribution in [0, 0.1) is 5.82 Å². The number of fused-ring (bicyclic) bond motifs is 1. The van der Waals surface area contributed by atoms with Crippen LogP contribution in [0.5, 0.6) is 0 Å². The van der Waals surface area contributed by atoms with E-state index >= 15 is 0 Å². The molecule has 0 bridgehead atoms. The number of benzene rings is 1. The van der Waals surface area contributed by atoms with Gasteiger partial charge in [0, 0.05) is 24.8 Å². The Kier molecular flexibility index (Phi) is 1.54. The molecule has 2 rings (SSSR count). The van der Waals surface area contributed by atoms with Crippen LogP contribution in [0.25, 0.3) is 0 Å². The van der Waals surface area contributed by atoms with Crippen LogP contribution < -0.4 is 4.90 Å². The van der Waals surface area contributed by atoms with Crippen molar-refractivity contribution in [2.24, 2.45) is 0 Å². The molecule has 1 aromatic carbocycles. The van der Waals surface area contributed by atoms with Gasteiger partial charge in [0.15, 0.2) is 0 Å². The lowest BCUT2D eigenvalue weighted by Crippen LogP contribution is -2.14. The van der Waals surface area contributed by atoms with Gasteiger partial charge in [-0.3, -0.25) is 0 Å². The topological polar surface area (TPSA) is 23.5 Å². The van der Waals surface area contributed by atoms with E-state index in [0.29, 0.717) is 12.1 Å². The largest absolute Gasteiger partial charge is 0.386 e. The lowest BCUT2D eigenvalue weighted by molar-refractivity contribution is 0.195. The van der Waals surface area contributed by atoms with Crippen molar-refractivity contribution >= 4 is 5.69 Å². The Labute approximate surface area is 70.2 Å². The van der Waals surface area contributed by atoms with Crippen molar-refractivity contribution in [3.8, 4) is 0 Å². The van der Waals surface area contributed by atoms with E-state index < -0.39 is 6.10 Å². The van der Waals surface area contributed by atoms with Gasteiger partial charge in [-0.1, -0.05) is 0 Å². The van der Waals surface area contributed by atoms with Gasteiger partial charge < -0.3 is 10.0 Å². The summed E-state index contributed by atoms with van der Waals surface area (Å²) in [4.78, 5) is 1.92. The van der Waals surface area contributed by atoms with Gasteiger partial charge in [0.2, 0.25) is 0 Å². The normalized spacial score (nSPS) is 21.2. The number of halogens is 1. The highest BCUT2D eigenvalue weighted by Crippen LogP contribution is 2.33. The molecule has 0 aromatic heterocycles. The lowest BCUT2D eigenvalue weighted by atomic mass is 10.1. The van der Waals surface area contributed by atoms with Crippen LogP contribution in [0.4, 0.5) is 10.1 Å². The molecular formula is C9H10FNO. The molecule has 2 nitrogen and oxygen atoms in total. The first-order valence-corrected chi connectivity index (χ1v) is 3.87. The van der Waals surface area contributed by atoms with Gasteiger partial charge in [-0.25, -0.2) is 4.39 Å². The maximum Gasteiger partial charge on any atom is 0.123 e. The highest BCUT2D eigenvalue weighted by molar-refractivity contribution is 5.58. The summed E-state index contributed by atoms with van der Waals surface area (Å²) in [6.07, 6.45) is -0.541. The van der Waals surface area contributed by atoms with E-state index in [0.717, 1.165) is 5.69 Å². The van der Waals surface area contributed by atoms with Gasteiger partial charge >= 0.3 is 0 Å². The van der Waals surface area contributed by atoms with Crippen molar-refractivity contribution in [3.63, 3.8) is 0 Å². The SMILES string of the molecule is CN1C[C@@H](O)c2cc(F)ccc21. The van der Waals surface area contributed by atoms with Crippen molar-refractivity contribution in [1.82, 2.24) is 0 Å². The average molecular weight is 167 g/mol. The van der Waals surface area contributed by atoms with Crippen molar-refractivity contribution in [2.75, 3.05) is 18.5 Å². The first kappa shape index (κ1) is 7.55. The first-order valence-electron chi connectivity index (χ1n) is 3.87.